The van der Waals surface area contributed by atoms with Crippen molar-refractivity contribution in [1.29, 1.82) is 0 Å². The number of amides is 1. The molecule has 0 fully saturated rings. The van der Waals surface area contributed by atoms with E-state index in [4.69, 9.17) is 19.6 Å². The van der Waals surface area contributed by atoms with Crippen LogP contribution in [0.25, 0.3) is 11.0 Å². The van der Waals surface area contributed by atoms with Crippen molar-refractivity contribution in [2.24, 2.45) is 5.73 Å². The Labute approximate surface area is 144 Å². The minimum absolute atomic E-state index is 0.110. The van der Waals surface area contributed by atoms with Crippen LogP contribution in [0.1, 0.15) is 21.5 Å². The van der Waals surface area contributed by atoms with Gasteiger partial charge < -0.3 is 19.6 Å². The van der Waals surface area contributed by atoms with E-state index >= 15 is 0 Å². The van der Waals surface area contributed by atoms with Gasteiger partial charge in [-0.1, -0.05) is 12.1 Å². The van der Waals surface area contributed by atoms with E-state index in [1.165, 1.54) is 0 Å². The molecule has 0 radical (unpaired) electrons. The number of hydrogen-bond acceptors (Lipinski definition) is 5. The molecule has 2 aromatic carbocycles. The van der Waals surface area contributed by atoms with Gasteiger partial charge in [0.15, 0.2) is 0 Å². The first-order valence-corrected chi connectivity index (χ1v) is 7.65. The molecule has 0 saturated carbocycles. The molecule has 0 atom stereocenters. The Bertz CT molecular complexity index is 911. The van der Waals surface area contributed by atoms with Crippen LogP contribution in [0.15, 0.2) is 53.1 Å². The number of methoxy groups -OCH3 is 1. The zero-order valence-corrected chi connectivity index (χ0v) is 13.7. The molecule has 0 aliphatic heterocycles. The summed E-state index contributed by atoms with van der Waals surface area (Å²) in [6.07, 6.45) is 1.66. The summed E-state index contributed by atoms with van der Waals surface area (Å²) in [6, 6.07) is 12.0. The number of nitrogens with two attached hydrogens (primary N) is 1. The first-order chi connectivity index (χ1) is 12.1. The van der Waals surface area contributed by atoms with Crippen LogP contribution in [-0.2, 0) is 22.6 Å². The van der Waals surface area contributed by atoms with Crippen LogP contribution in [0.2, 0.25) is 0 Å². The van der Waals surface area contributed by atoms with Crippen LogP contribution >= 0.6 is 0 Å². The number of carbonyl (C=O) groups is 2. The number of hydrogen-bond donors (Lipinski definition) is 1. The highest BCUT2D eigenvalue weighted by molar-refractivity contribution is 5.92. The summed E-state index contributed by atoms with van der Waals surface area (Å²) in [6.45, 7) is 0.126. The van der Waals surface area contributed by atoms with Crippen molar-refractivity contribution >= 4 is 22.8 Å². The van der Waals surface area contributed by atoms with Gasteiger partial charge in [-0.25, -0.2) is 0 Å². The largest absolute Gasteiger partial charge is 0.497 e. The molecule has 25 heavy (non-hydrogen) atoms. The summed E-state index contributed by atoms with van der Waals surface area (Å²) in [5.74, 6) is -0.167. The lowest BCUT2D eigenvalue weighted by molar-refractivity contribution is -0.144. The third-order valence-corrected chi connectivity index (χ3v) is 3.84. The van der Waals surface area contributed by atoms with Gasteiger partial charge in [-0.15, -0.1) is 0 Å². The molecule has 1 amide bonds. The molecule has 3 rings (SSSR count). The molecule has 0 saturated heterocycles. The molecule has 0 bridgehead atoms. The maximum atomic E-state index is 12.1. The maximum absolute atomic E-state index is 12.1. The van der Waals surface area contributed by atoms with Crippen LogP contribution in [0.4, 0.5) is 0 Å². The Morgan fingerprint density at radius 1 is 1.12 bits per heavy atom. The van der Waals surface area contributed by atoms with Gasteiger partial charge in [-0.05, 0) is 29.8 Å². The minimum Gasteiger partial charge on any atom is -0.497 e. The Hall–Kier alpha value is -3.28. The SMILES string of the molecule is COc1ccc2c(CC(=O)OCc3ccc(C(N)=O)cc3)coc2c1. The monoisotopic (exact) mass is 339 g/mol. The number of primary amides is 1. The van der Waals surface area contributed by atoms with Crippen LogP contribution in [-0.4, -0.2) is 19.0 Å². The van der Waals surface area contributed by atoms with Crippen molar-refractivity contribution in [2.75, 3.05) is 7.11 Å². The molecule has 1 heterocycles. The first-order valence-electron chi connectivity index (χ1n) is 7.65. The predicted molar refractivity (Wildman–Crippen MR) is 91.2 cm³/mol. The number of carbonyl (C=O) groups excluding carboxylic acids is 2. The quantitative estimate of drug-likeness (QED) is 0.697. The highest BCUT2D eigenvalue weighted by atomic mass is 16.5. The zero-order chi connectivity index (χ0) is 17.8. The molecule has 6 heteroatoms. The summed E-state index contributed by atoms with van der Waals surface area (Å²) in [7, 11) is 1.58. The van der Waals surface area contributed by atoms with Gasteiger partial charge in [-0.2, -0.15) is 0 Å². The van der Waals surface area contributed by atoms with E-state index in [-0.39, 0.29) is 19.0 Å². The summed E-state index contributed by atoms with van der Waals surface area (Å²) in [4.78, 5) is 23.1. The van der Waals surface area contributed by atoms with E-state index < -0.39 is 5.91 Å². The van der Waals surface area contributed by atoms with E-state index in [0.29, 0.717) is 16.9 Å². The van der Waals surface area contributed by atoms with Crippen LogP contribution in [0.5, 0.6) is 5.75 Å². The summed E-state index contributed by atoms with van der Waals surface area (Å²) < 4.78 is 15.9. The maximum Gasteiger partial charge on any atom is 0.310 e. The van der Waals surface area contributed by atoms with Gasteiger partial charge in [0.2, 0.25) is 5.91 Å². The third kappa shape index (κ3) is 3.80. The molecule has 128 valence electrons. The predicted octanol–water partition coefficient (Wildman–Crippen LogP) is 2.83. The molecule has 2 N–H and O–H groups in total. The number of fused-ring (bicyclic) bond motifs is 1. The third-order valence-electron chi connectivity index (χ3n) is 3.84. The molecule has 0 aliphatic rings. The van der Waals surface area contributed by atoms with Crippen LogP contribution in [0, 0.1) is 0 Å². The van der Waals surface area contributed by atoms with Crippen molar-refractivity contribution in [3.8, 4) is 5.75 Å². The van der Waals surface area contributed by atoms with Gasteiger partial charge in [0.05, 0.1) is 19.8 Å². The molecule has 6 nitrogen and oxygen atoms in total. The number of benzene rings is 2. The highest BCUT2D eigenvalue weighted by Crippen LogP contribution is 2.26. The molecular weight excluding hydrogens is 322 g/mol. The Morgan fingerprint density at radius 3 is 2.56 bits per heavy atom. The average Bonchev–Trinajstić information content (AvgIpc) is 3.02. The van der Waals surface area contributed by atoms with Crippen molar-refractivity contribution in [2.45, 2.75) is 13.0 Å². The number of ether oxygens (including phenoxy) is 2. The molecule has 0 spiro atoms. The lowest BCUT2D eigenvalue weighted by Crippen LogP contribution is -2.11. The summed E-state index contributed by atoms with van der Waals surface area (Å²) >= 11 is 0. The number of rotatable bonds is 6. The Balaban J connectivity index is 1.62. The fourth-order valence-electron chi connectivity index (χ4n) is 2.46. The number of furan rings is 1. The second kappa shape index (κ2) is 7.09. The van der Waals surface area contributed by atoms with Crippen molar-refractivity contribution in [3.63, 3.8) is 0 Å². The summed E-state index contributed by atoms with van der Waals surface area (Å²) in [5.41, 5.74) is 7.79. The van der Waals surface area contributed by atoms with E-state index in [0.717, 1.165) is 16.5 Å². The van der Waals surface area contributed by atoms with E-state index in [1.54, 1.807) is 43.7 Å². The van der Waals surface area contributed by atoms with Gasteiger partial charge in [0.1, 0.15) is 17.9 Å². The lowest BCUT2D eigenvalue weighted by atomic mass is 10.1. The smallest absolute Gasteiger partial charge is 0.310 e. The molecule has 0 aliphatic carbocycles. The van der Waals surface area contributed by atoms with E-state index in [9.17, 15) is 9.59 Å². The molecular formula is C19H17NO5. The van der Waals surface area contributed by atoms with Crippen molar-refractivity contribution in [3.05, 3.63) is 65.4 Å². The van der Waals surface area contributed by atoms with E-state index in [2.05, 4.69) is 0 Å². The number of esters is 1. The van der Waals surface area contributed by atoms with Crippen LogP contribution < -0.4 is 10.5 Å². The Kier molecular flexibility index (Phi) is 4.70. The van der Waals surface area contributed by atoms with Gasteiger partial charge in [0.25, 0.3) is 0 Å². The normalized spacial score (nSPS) is 10.6. The molecule has 3 aromatic rings. The van der Waals surface area contributed by atoms with Gasteiger partial charge in [-0.3, -0.25) is 9.59 Å². The second-order valence-corrected chi connectivity index (χ2v) is 5.52. The van der Waals surface area contributed by atoms with Crippen molar-refractivity contribution < 1.29 is 23.5 Å². The van der Waals surface area contributed by atoms with Crippen molar-refractivity contribution in [1.82, 2.24) is 0 Å². The first kappa shape index (κ1) is 16.6. The topological polar surface area (TPSA) is 91.8 Å². The van der Waals surface area contributed by atoms with Gasteiger partial charge >= 0.3 is 5.97 Å². The standard InChI is InChI=1S/C19H17NO5/c1-23-15-6-7-16-14(11-24-17(16)9-15)8-18(21)25-10-12-2-4-13(5-3-12)19(20)22/h2-7,9,11H,8,10H2,1H3,(H2,20,22). The van der Waals surface area contributed by atoms with Crippen LogP contribution in [0.3, 0.4) is 0 Å². The molecule has 0 unspecified atom stereocenters. The molecule has 1 aromatic heterocycles. The zero-order valence-electron chi connectivity index (χ0n) is 13.7. The lowest BCUT2D eigenvalue weighted by Gasteiger charge is -2.05. The fraction of sp³-hybridized carbons (Fsp3) is 0.158. The highest BCUT2D eigenvalue weighted by Gasteiger charge is 2.12. The minimum atomic E-state index is -0.494. The van der Waals surface area contributed by atoms with Gasteiger partial charge in [0, 0.05) is 22.6 Å². The Morgan fingerprint density at radius 2 is 1.88 bits per heavy atom. The fourth-order valence-corrected chi connectivity index (χ4v) is 2.46. The summed E-state index contributed by atoms with van der Waals surface area (Å²) in [5, 5.41) is 0.851. The van der Waals surface area contributed by atoms with E-state index in [1.807, 2.05) is 12.1 Å². The second-order valence-electron chi connectivity index (χ2n) is 5.52. The average molecular weight is 339 g/mol.